The van der Waals surface area contributed by atoms with Crippen molar-refractivity contribution in [3.05, 3.63) is 54.3 Å². The Kier molecular flexibility index (Phi) is 3.23. The highest BCUT2D eigenvalue weighted by atomic mass is 16.5. The second-order valence-corrected chi connectivity index (χ2v) is 4.49. The number of carbonyl (C=O) groups is 1. The Balaban J connectivity index is 1.91. The molecule has 3 rings (SSSR count). The number of aromatic hydroxyl groups is 1. The van der Waals surface area contributed by atoms with Gasteiger partial charge in [0.25, 0.3) is 5.91 Å². The summed E-state index contributed by atoms with van der Waals surface area (Å²) in [5.74, 6) is 0.444. The van der Waals surface area contributed by atoms with E-state index in [1.54, 1.807) is 31.4 Å². The molecule has 0 spiro atoms. The number of fused-ring (bicyclic) bond motifs is 1. The fourth-order valence-corrected chi connectivity index (χ4v) is 2.09. The highest BCUT2D eigenvalue weighted by molar-refractivity contribution is 6.05. The Bertz CT molecular complexity index is 807. The second-order valence-electron chi connectivity index (χ2n) is 4.49. The van der Waals surface area contributed by atoms with E-state index in [9.17, 15) is 9.90 Å². The van der Waals surface area contributed by atoms with Gasteiger partial charge in [-0.2, -0.15) is 0 Å². The number of amides is 1. The summed E-state index contributed by atoms with van der Waals surface area (Å²) < 4.78 is 10.8. The van der Waals surface area contributed by atoms with Gasteiger partial charge in [-0.25, -0.2) is 0 Å². The smallest absolute Gasteiger partial charge is 0.291 e. The highest BCUT2D eigenvalue weighted by Gasteiger charge is 2.15. The van der Waals surface area contributed by atoms with Crippen LogP contribution in [0.15, 0.2) is 52.9 Å². The van der Waals surface area contributed by atoms with E-state index < -0.39 is 0 Å². The van der Waals surface area contributed by atoms with Gasteiger partial charge in [-0.3, -0.25) is 4.79 Å². The number of carbonyl (C=O) groups excluding carboxylic acids is 1. The number of nitrogens with one attached hydrogen (secondary N) is 1. The molecule has 0 atom stereocenters. The summed E-state index contributed by atoms with van der Waals surface area (Å²) in [6.07, 6.45) is 0. The molecular formula is C16H13NO4. The average molecular weight is 283 g/mol. The lowest BCUT2D eigenvalue weighted by Gasteiger charge is -2.03. The van der Waals surface area contributed by atoms with E-state index in [1.165, 1.54) is 12.1 Å². The molecule has 0 bridgehead atoms. The SMILES string of the molecule is COc1cccc2cc(C(=O)Nc3cccc(O)c3)oc12. The quantitative estimate of drug-likeness (QED) is 0.772. The number of para-hydroxylation sites is 1. The van der Waals surface area contributed by atoms with E-state index in [1.807, 2.05) is 12.1 Å². The van der Waals surface area contributed by atoms with Crippen molar-refractivity contribution in [1.29, 1.82) is 0 Å². The van der Waals surface area contributed by atoms with Crippen molar-refractivity contribution in [2.45, 2.75) is 0 Å². The summed E-state index contributed by atoms with van der Waals surface area (Å²) >= 11 is 0. The summed E-state index contributed by atoms with van der Waals surface area (Å²) in [5.41, 5.74) is 1.02. The van der Waals surface area contributed by atoms with Crippen LogP contribution in [-0.4, -0.2) is 18.1 Å². The molecule has 0 saturated carbocycles. The molecule has 0 saturated heterocycles. The van der Waals surface area contributed by atoms with Gasteiger partial charge < -0.3 is 19.6 Å². The number of hydrogen-bond acceptors (Lipinski definition) is 4. The number of methoxy groups -OCH3 is 1. The molecule has 3 aromatic rings. The minimum absolute atomic E-state index is 0.0825. The number of anilines is 1. The third kappa shape index (κ3) is 2.53. The lowest BCUT2D eigenvalue weighted by atomic mass is 10.2. The van der Waals surface area contributed by atoms with Crippen LogP contribution in [0.5, 0.6) is 11.5 Å². The monoisotopic (exact) mass is 283 g/mol. The number of furan rings is 1. The number of phenolic OH excluding ortho intramolecular Hbond substituents is 1. The van der Waals surface area contributed by atoms with Gasteiger partial charge in [-0.1, -0.05) is 18.2 Å². The molecule has 0 radical (unpaired) electrons. The Morgan fingerprint density at radius 2 is 2.00 bits per heavy atom. The molecule has 0 aliphatic carbocycles. The van der Waals surface area contributed by atoms with E-state index >= 15 is 0 Å². The molecule has 0 aliphatic rings. The van der Waals surface area contributed by atoms with Crippen LogP contribution in [-0.2, 0) is 0 Å². The van der Waals surface area contributed by atoms with Crippen molar-refractivity contribution < 1.29 is 19.1 Å². The average Bonchev–Trinajstić information content (AvgIpc) is 2.91. The third-order valence-electron chi connectivity index (χ3n) is 3.06. The largest absolute Gasteiger partial charge is 0.508 e. The van der Waals surface area contributed by atoms with Gasteiger partial charge in [0.2, 0.25) is 0 Å². The van der Waals surface area contributed by atoms with Crippen molar-refractivity contribution in [2.24, 2.45) is 0 Å². The zero-order valence-corrected chi connectivity index (χ0v) is 11.3. The molecule has 1 aromatic heterocycles. The molecule has 5 heteroatoms. The van der Waals surface area contributed by atoms with Crippen LogP contribution in [0.3, 0.4) is 0 Å². The maximum atomic E-state index is 12.2. The molecule has 0 unspecified atom stereocenters. The zero-order valence-electron chi connectivity index (χ0n) is 11.3. The number of phenols is 1. The van der Waals surface area contributed by atoms with Gasteiger partial charge >= 0.3 is 0 Å². The van der Waals surface area contributed by atoms with E-state index in [2.05, 4.69) is 5.32 Å². The van der Waals surface area contributed by atoms with Crippen LogP contribution in [0.4, 0.5) is 5.69 Å². The molecule has 0 fully saturated rings. The number of ether oxygens (including phenoxy) is 1. The first-order valence-electron chi connectivity index (χ1n) is 6.34. The summed E-state index contributed by atoms with van der Waals surface area (Å²) in [6.45, 7) is 0. The van der Waals surface area contributed by atoms with Gasteiger partial charge in [-0.05, 0) is 24.3 Å². The summed E-state index contributed by atoms with van der Waals surface area (Å²) in [5, 5.41) is 12.8. The predicted octanol–water partition coefficient (Wildman–Crippen LogP) is 3.40. The molecule has 2 N–H and O–H groups in total. The van der Waals surface area contributed by atoms with E-state index in [0.717, 1.165) is 5.39 Å². The van der Waals surface area contributed by atoms with Crippen LogP contribution in [0, 0.1) is 0 Å². The van der Waals surface area contributed by atoms with Gasteiger partial charge in [-0.15, -0.1) is 0 Å². The van der Waals surface area contributed by atoms with Gasteiger partial charge in [0, 0.05) is 17.1 Å². The Morgan fingerprint density at radius 3 is 2.76 bits per heavy atom. The minimum atomic E-state index is -0.390. The molecule has 1 amide bonds. The van der Waals surface area contributed by atoms with Crippen molar-refractivity contribution >= 4 is 22.6 Å². The normalized spacial score (nSPS) is 10.5. The lowest BCUT2D eigenvalue weighted by molar-refractivity contribution is 0.0998. The van der Waals surface area contributed by atoms with E-state index in [0.29, 0.717) is 17.0 Å². The van der Waals surface area contributed by atoms with Crippen LogP contribution in [0.25, 0.3) is 11.0 Å². The first kappa shape index (κ1) is 13.1. The second kappa shape index (κ2) is 5.20. The van der Waals surface area contributed by atoms with Gasteiger partial charge in [0.1, 0.15) is 5.75 Å². The fourth-order valence-electron chi connectivity index (χ4n) is 2.09. The Hall–Kier alpha value is -2.95. The topological polar surface area (TPSA) is 71.7 Å². The van der Waals surface area contributed by atoms with Crippen molar-refractivity contribution in [3.8, 4) is 11.5 Å². The van der Waals surface area contributed by atoms with Gasteiger partial charge in [0.15, 0.2) is 17.1 Å². The molecular weight excluding hydrogens is 270 g/mol. The zero-order chi connectivity index (χ0) is 14.8. The van der Waals surface area contributed by atoms with Crippen LogP contribution >= 0.6 is 0 Å². The standard InChI is InChI=1S/C16H13NO4/c1-20-13-7-2-4-10-8-14(21-15(10)13)16(19)17-11-5-3-6-12(18)9-11/h2-9,18H,1H3,(H,17,19). The molecule has 106 valence electrons. The maximum Gasteiger partial charge on any atom is 0.291 e. The van der Waals surface area contributed by atoms with E-state index in [4.69, 9.17) is 9.15 Å². The molecule has 1 heterocycles. The first-order valence-corrected chi connectivity index (χ1v) is 6.34. The highest BCUT2D eigenvalue weighted by Crippen LogP contribution is 2.28. The maximum absolute atomic E-state index is 12.2. The summed E-state index contributed by atoms with van der Waals surface area (Å²) in [4.78, 5) is 12.2. The minimum Gasteiger partial charge on any atom is -0.508 e. The number of rotatable bonds is 3. The Morgan fingerprint density at radius 1 is 1.19 bits per heavy atom. The van der Waals surface area contributed by atoms with Crippen molar-refractivity contribution in [2.75, 3.05) is 12.4 Å². The lowest BCUT2D eigenvalue weighted by Crippen LogP contribution is -2.10. The predicted molar refractivity (Wildman–Crippen MR) is 78.8 cm³/mol. The Labute approximate surface area is 120 Å². The fraction of sp³-hybridized carbons (Fsp3) is 0.0625. The summed E-state index contributed by atoms with van der Waals surface area (Å²) in [6, 6.07) is 13.4. The van der Waals surface area contributed by atoms with E-state index in [-0.39, 0.29) is 17.4 Å². The summed E-state index contributed by atoms with van der Waals surface area (Å²) in [7, 11) is 1.55. The van der Waals surface area contributed by atoms with Crippen molar-refractivity contribution in [1.82, 2.24) is 0 Å². The van der Waals surface area contributed by atoms with Crippen LogP contribution < -0.4 is 10.1 Å². The number of hydrogen-bond donors (Lipinski definition) is 2. The van der Waals surface area contributed by atoms with Crippen LogP contribution in [0.1, 0.15) is 10.6 Å². The molecule has 2 aromatic carbocycles. The van der Waals surface area contributed by atoms with Gasteiger partial charge in [0.05, 0.1) is 7.11 Å². The third-order valence-corrected chi connectivity index (χ3v) is 3.06. The first-order chi connectivity index (χ1) is 10.2. The molecule has 21 heavy (non-hydrogen) atoms. The molecule has 0 aliphatic heterocycles. The number of benzene rings is 2. The van der Waals surface area contributed by atoms with Crippen LogP contribution in [0.2, 0.25) is 0 Å². The van der Waals surface area contributed by atoms with Crippen molar-refractivity contribution in [3.63, 3.8) is 0 Å². The molecule has 5 nitrogen and oxygen atoms in total.